The molecule has 2 aromatic carbocycles. The summed E-state index contributed by atoms with van der Waals surface area (Å²) in [6, 6.07) is 16.9. The molecule has 2 heterocycles. The summed E-state index contributed by atoms with van der Waals surface area (Å²) in [6.45, 7) is 4.19. The van der Waals surface area contributed by atoms with E-state index >= 15 is 0 Å². The standard InChI is InChI=1S/C32H41N5O4/c1-3-4-14-27(38)25(21-22-15-16-22)30(39)34-28-32(41)35(2)26-13-9-8-12-24(26)29(33-28)36-17-19-37(20-18-36)31(40)23-10-6-5-7-11-23/h5-13,22,25,27-28,38H,3-4,14-21H2,1-2H3,(H,34,39)/t25?,27?,28-/m1/s1. The van der Waals surface area contributed by atoms with Gasteiger partial charge in [0.05, 0.1) is 17.7 Å². The Hall–Kier alpha value is -3.72. The lowest BCUT2D eigenvalue weighted by molar-refractivity contribution is -0.133. The molecule has 2 unspecified atom stereocenters. The predicted molar refractivity (Wildman–Crippen MR) is 159 cm³/mol. The van der Waals surface area contributed by atoms with Crippen LogP contribution in [0.2, 0.25) is 0 Å². The van der Waals surface area contributed by atoms with Crippen molar-refractivity contribution in [1.29, 1.82) is 0 Å². The van der Waals surface area contributed by atoms with E-state index in [0.29, 0.717) is 62.0 Å². The van der Waals surface area contributed by atoms with Crippen molar-refractivity contribution in [3.63, 3.8) is 0 Å². The van der Waals surface area contributed by atoms with Crippen LogP contribution in [-0.2, 0) is 9.59 Å². The minimum Gasteiger partial charge on any atom is -0.392 e. The number of nitrogens with zero attached hydrogens (tertiary/aromatic N) is 4. The van der Waals surface area contributed by atoms with Gasteiger partial charge < -0.3 is 25.1 Å². The summed E-state index contributed by atoms with van der Waals surface area (Å²) in [7, 11) is 1.70. The van der Waals surface area contributed by atoms with E-state index < -0.39 is 18.2 Å². The molecule has 218 valence electrons. The number of nitrogens with one attached hydrogen (secondary N) is 1. The highest BCUT2D eigenvalue weighted by Gasteiger charge is 2.38. The number of hydrogen-bond donors (Lipinski definition) is 2. The van der Waals surface area contributed by atoms with Crippen molar-refractivity contribution in [3.05, 3.63) is 65.7 Å². The molecule has 0 aromatic heterocycles. The number of carbonyl (C=O) groups is 3. The zero-order valence-electron chi connectivity index (χ0n) is 24.0. The first-order valence-electron chi connectivity index (χ1n) is 14.9. The van der Waals surface area contributed by atoms with Crippen LogP contribution < -0.4 is 10.2 Å². The number of benzene rings is 2. The van der Waals surface area contributed by atoms with Crippen molar-refractivity contribution in [2.45, 2.75) is 57.7 Å². The second kappa shape index (κ2) is 12.9. The molecule has 3 atom stereocenters. The average molecular weight is 560 g/mol. The number of aliphatic hydroxyl groups is 1. The van der Waals surface area contributed by atoms with Crippen LogP contribution in [0.4, 0.5) is 5.69 Å². The zero-order valence-corrected chi connectivity index (χ0v) is 24.0. The highest BCUT2D eigenvalue weighted by atomic mass is 16.3. The normalized spacial score (nSPS) is 20.6. The average Bonchev–Trinajstić information content (AvgIpc) is 3.85. The summed E-state index contributed by atoms with van der Waals surface area (Å²) in [5.41, 5.74) is 2.18. The van der Waals surface area contributed by atoms with Crippen molar-refractivity contribution in [1.82, 2.24) is 15.1 Å². The van der Waals surface area contributed by atoms with Crippen LogP contribution in [0, 0.1) is 11.8 Å². The van der Waals surface area contributed by atoms with Crippen molar-refractivity contribution < 1.29 is 19.5 Å². The lowest BCUT2D eigenvalue weighted by Crippen LogP contribution is -2.52. The minimum absolute atomic E-state index is 0.00292. The number of piperazine rings is 1. The highest BCUT2D eigenvalue weighted by Crippen LogP contribution is 2.37. The lowest BCUT2D eigenvalue weighted by Gasteiger charge is -2.37. The Labute approximate surface area is 242 Å². The Morgan fingerprint density at radius 2 is 1.71 bits per heavy atom. The summed E-state index contributed by atoms with van der Waals surface area (Å²) < 4.78 is 0. The number of amidine groups is 1. The number of likely N-dealkylation sites (N-methyl/N-ethyl adjacent to an activating group) is 1. The first-order chi connectivity index (χ1) is 19.9. The molecule has 9 heteroatoms. The third kappa shape index (κ3) is 6.62. The van der Waals surface area contributed by atoms with Gasteiger partial charge in [-0.2, -0.15) is 0 Å². The first-order valence-corrected chi connectivity index (χ1v) is 14.9. The Bertz CT molecular complexity index is 1270. The maximum Gasteiger partial charge on any atom is 0.272 e. The monoisotopic (exact) mass is 559 g/mol. The zero-order chi connectivity index (χ0) is 28.9. The molecule has 2 aromatic rings. The third-order valence-electron chi connectivity index (χ3n) is 8.43. The third-order valence-corrected chi connectivity index (χ3v) is 8.43. The summed E-state index contributed by atoms with van der Waals surface area (Å²) in [4.78, 5) is 50.6. The SMILES string of the molecule is CCCCC(O)C(CC1CC1)C(=O)N[C@H]1N=C(N2CCN(C(=O)c3ccccc3)CC2)c2ccccc2N(C)C1=O. The summed E-state index contributed by atoms with van der Waals surface area (Å²) in [6.07, 6.45) is 3.27. The van der Waals surface area contributed by atoms with E-state index in [0.717, 1.165) is 31.2 Å². The molecule has 2 fully saturated rings. The van der Waals surface area contributed by atoms with Crippen molar-refractivity contribution in [3.8, 4) is 0 Å². The Morgan fingerprint density at radius 3 is 2.39 bits per heavy atom. The van der Waals surface area contributed by atoms with Gasteiger partial charge in [0.2, 0.25) is 12.1 Å². The number of aliphatic imine (C=N–C) groups is 1. The maximum atomic E-state index is 13.6. The number of hydrogen-bond acceptors (Lipinski definition) is 6. The van der Waals surface area contributed by atoms with Crippen LogP contribution in [0.5, 0.6) is 0 Å². The number of carbonyl (C=O) groups excluding carboxylic acids is 3. The van der Waals surface area contributed by atoms with Crippen molar-refractivity contribution >= 4 is 29.2 Å². The number of anilines is 1. The molecular weight excluding hydrogens is 518 g/mol. The van der Waals surface area contributed by atoms with E-state index in [-0.39, 0.29) is 17.7 Å². The van der Waals surface area contributed by atoms with Gasteiger partial charge in [0, 0.05) is 44.4 Å². The fraction of sp³-hybridized carbons (Fsp3) is 0.500. The predicted octanol–water partition coefficient (Wildman–Crippen LogP) is 3.28. The number of benzodiazepines with no additional fused rings is 1. The molecule has 0 radical (unpaired) electrons. The summed E-state index contributed by atoms with van der Waals surface area (Å²) >= 11 is 0. The second-order valence-corrected chi connectivity index (χ2v) is 11.4. The van der Waals surface area contributed by atoms with Gasteiger partial charge in [0.25, 0.3) is 11.8 Å². The maximum absolute atomic E-state index is 13.6. The number of unbranched alkanes of at least 4 members (excludes halogenated alkanes) is 1. The van der Waals surface area contributed by atoms with E-state index in [1.807, 2.05) is 59.5 Å². The number of aliphatic hydroxyl groups excluding tert-OH is 1. The fourth-order valence-corrected chi connectivity index (χ4v) is 5.74. The van der Waals surface area contributed by atoms with Gasteiger partial charge in [0.15, 0.2) is 0 Å². The van der Waals surface area contributed by atoms with Crippen LogP contribution in [0.1, 0.15) is 61.4 Å². The van der Waals surface area contributed by atoms with Gasteiger partial charge in [-0.1, -0.05) is 62.9 Å². The van der Waals surface area contributed by atoms with Gasteiger partial charge in [-0.15, -0.1) is 0 Å². The van der Waals surface area contributed by atoms with Gasteiger partial charge in [-0.3, -0.25) is 14.4 Å². The Morgan fingerprint density at radius 1 is 1.02 bits per heavy atom. The van der Waals surface area contributed by atoms with Crippen LogP contribution in [0.25, 0.3) is 0 Å². The first kappa shape index (κ1) is 28.8. The van der Waals surface area contributed by atoms with Gasteiger partial charge in [-0.05, 0) is 43.0 Å². The molecule has 1 saturated heterocycles. The fourth-order valence-electron chi connectivity index (χ4n) is 5.74. The van der Waals surface area contributed by atoms with Gasteiger partial charge in [-0.25, -0.2) is 4.99 Å². The minimum atomic E-state index is -1.11. The molecule has 1 aliphatic carbocycles. The molecule has 1 saturated carbocycles. The number of para-hydroxylation sites is 1. The summed E-state index contributed by atoms with van der Waals surface area (Å²) in [5.74, 6) is -0.138. The lowest BCUT2D eigenvalue weighted by atomic mass is 9.91. The number of amides is 3. The molecular formula is C32H41N5O4. The van der Waals surface area contributed by atoms with E-state index in [9.17, 15) is 19.5 Å². The summed E-state index contributed by atoms with van der Waals surface area (Å²) in [5, 5.41) is 13.8. The number of rotatable bonds is 9. The molecule has 2 aliphatic heterocycles. The van der Waals surface area contributed by atoms with Crippen LogP contribution in [0.3, 0.4) is 0 Å². The molecule has 3 aliphatic rings. The Kier molecular flexibility index (Phi) is 9.03. The van der Waals surface area contributed by atoms with Crippen molar-refractivity contribution in [2.24, 2.45) is 16.8 Å². The molecule has 0 bridgehead atoms. The van der Waals surface area contributed by atoms with Crippen LogP contribution in [-0.4, -0.2) is 84.0 Å². The van der Waals surface area contributed by atoms with Crippen LogP contribution >= 0.6 is 0 Å². The van der Waals surface area contributed by atoms with E-state index in [4.69, 9.17) is 4.99 Å². The molecule has 2 N–H and O–H groups in total. The van der Waals surface area contributed by atoms with E-state index in [2.05, 4.69) is 17.1 Å². The van der Waals surface area contributed by atoms with Gasteiger partial charge in [0.1, 0.15) is 5.84 Å². The van der Waals surface area contributed by atoms with Crippen LogP contribution in [0.15, 0.2) is 59.6 Å². The van der Waals surface area contributed by atoms with Gasteiger partial charge >= 0.3 is 0 Å². The topological polar surface area (TPSA) is 106 Å². The molecule has 41 heavy (non-hydrogen) atoms. The highest BCUT2D eigenvalue weighted by molar-refractivity contribution is 6.12. The van der Waals surface area contributed by atoms with Crippen molar-refractivity contribution in [2.75, 3.05) is 38.1 Å². The largest absolute Gasteiger partial charge is 0.392 e. The Balaban J connectivity index is 1.37. The molecule has 0 spiro atoms. The second-order valence-electron chi connectivity index (χ2n) is 11.4. The quantitative estimate of drug-likeness (QED) is 0.491. The molecule has 9 nitrogen and oxygen atoms in total. The van der Waals surface area contributed by atoms with E-state index in [1.165, 1.54) is 0 Å². The number of fused-ring (bicyclic) bond motifs is 1. The smallest absolute Gasteiger partial charge is 0.272 e. The van der Waals surface area contributed by atoms with E-state index in [1.54, 1.807) is 11.9 Å². The molecule has 5 rings (SSSR count). The molecule has 3 amide bonds.